The van der Waals surface area contributed by atoms with Crippen molar-refractivity contribution in [2.24, 2.45) is 0 Å². The molecule has 1 aromatic carbocycles. The van der Waals surface area contributed by atoms with Gasteiger partial charge in [0.1, 0.15) is 5.75 Å². The molecule has 0 radical (unpaired) electrons. The van der Waals surface area contributed by atoms with Crippen molar-refractivity contribution in [1.82, 2.24) is 9.88 Å². The van der Waals surface area contributed by atoms with Gasteiger partial charge in [0, 0.05) is 19.3 Å². The molecule has 0 saturated carbocycles. The number of rotatable bonds is 4. The van der Waals surface area contributed by atoms with Gasteiger partial charge in [-0.2, -0.15) is 0 Å². The summed E-state index contributed by atoms with van der Waals surface area (Å²) in [4.78, 5) is 19.0. The number of para-hydroxylation sites is 1. The zero-order valence-corrected chi connectivity index (χ0v) is 14.8. The van der Waals surface area contributed by atoms with Crippen molar-refractivity contribution in [3.8, 4) is 5.75 Å². The number of hydrogen-bond acceptors (Lipinski definition) is 4. The van der Waals surface area contributed by atoms with E-state index >= 15 is 0 Å². The molecule has 5 nitrogen and oxygen atoms in total. The summed E-state index contributed by atoms with van der Waals surface area (Å²) in [5, 5.41) is 0. The molecule has 1 aromatic heterocycles. The highest BCUT2D eigenvalue weighted by Gasteiger charge is 2.32. The molecule has 1 amide bonds. The number of aromatic nitrogens is 1. The SMILES string of the molecule is O=C(C1CCc2ccccc2O1)N1CCC(OCc2ccccn2)CC1. The molecule has 1 fully saturated rings. The Morgan fingerprint density at radius 1 is 1.12 bits per heavy atom. The number of hydrogen-bond donors (Lipinski definition) is 0. The van der Waals surface area contributed by atoms with Gasteiger partial charge in [-0.15, -0.1) is 0 Å². The van der Waals surface area contributed by atoms with Crippen LogP contribution in [0.25, 0.3) is 0 Å². The van der Waals surface area contributed by atoms with E-state index in [0.29, 0.717) is 6.61 Å². The maximum atomic E-state index is 12.8. The van der Waals surface area contributed by atoms with Crippen molar-refractivity contribution in [1.29, 1.82) is 0 Å². The van der Waals surface area contributed by atoms with Crippen LogP contribution in [0.3, 0.4) is 0 Å². The Balaban J connectivity index is 1.26. The second-order valence-electron chi connectivity index (χ2n) is 6.91. The van der Waals surface area contributed by atoms with Crippen LogP contribution in [0.4, 0.5) is 0 Å². The predicted octanol–water partition coefficient (Wildman–Crippen LogP) is 2.98. The number of piperidine rings is 1. The second kappa shape index (κ2) is 7.87. The van der Waals surface area contributed by atoms with E-state index in [4.69, 9.17) is 9.47 Å². The maximum absolute atomic E-state index is 12.8. The predicted molar refractivity (Wildman–Crippen MR) is 97.8 cm³/mol. The van der Waals surface area contributed by atoms with Crippen LogP contribution in [0.5, 0.6) is 5.75 Å². The van der Waals surface area contributed by atoms with Gasteiger partial charge in [-0.1, -0.05) is 24.3 Å². The van der Waals surface area contributed by atoms with E-state index in [-0.39, 0.29) is 18.1 Å². The molecule has 5 heteroatoms. The number of aryl methyl sites for hydroxylation is 1. The fourth-order valence-corrected chi connectivity index (χ4v) is 3.63. The molecule has 1 unspecified atom stereocenters. The van der Waals surface area contributed by atoms with E-state index in [1.165, 1.54) is 5.56 Å². The molecule has 1 atom stereocenters. The summed E-state index contributed by atoms with van der Waals surface area (Å²) in [5.74, 6) is 0.966. The first-order valence-corrected chi connectivity index (χ1v) is 9.34. The Morgan fingerprint density at radius 3 is 2.73 bits per heavy atom. The zero-order valence-electron chi connectivity index (χ0n) is 14.8. The lowest BCUT2D eigenvalue weighted by molar-refractivity contribution is -0.142. The molecule has 0 bridgehead atoms. The third kappa shape index (κ3) is 3.88. The smallest absolute Gasteiger partial charge is 0.263 e. The van der Waals surface area contributed by atoms with E-state index in [1.54, 1.807) is 6.20 Å². The molecule has 1 saturated heterocycles. The van der Waals surface area contributed by atoms with Crippen molar-refractivity contribution >= 4 is 5.91 Å². The zero-order chi connectivity index (χ0) is 17.8. The Bertz CT molecular complexity index is 742. The number of ether oxygens (including phenoxy) is 2. The molecule has 2 aliphatic heterocycles. The largest absolute Gasteiger partial charge is 0.480 e. The summed E-state index contributed by atoms with van der Waals surface area (Å²) < 4.78 is 11.9. The van der Waals surface area contributed by atoms with Gasteiger partial charge in [-0.25, -0.2) is 0 Å². The highest BCUT2D eigenvalue weighted by Crippen LogP contribution is 2.28. The van der Waals surface area contributed by atoms with E-state index < -0.39 is 0 Å². The average molecular weight is 352 g/mol. The monoisotopic (exact) mass is 352 g/mol. The molecule has 3 heterocycles. The van der Waals surface area contributed by atoms with Crippen molar-refractivity contribution < 1.29 is 14.3 Å². The molecular weight excluding hydrogens is 328 g/mol. The van der Waals surface area contributed by atoms with Gasteiger partial charge < -0.3 is 14.4 Å². The molecule has 0 aliphatic carbocycles. The molecular formula is C21H24N2O3. The number of nitrogens with zero attached hydrogens (tertiary/aromatic N) is 2. The minimum atomic E-state index is -0.351. The molecule has 136 valence electrons. The lowest BCUT2D eigenvalue weighted by Gasteiger charge is -2.35. The van der Waals surface area contributed by atoms with Crippen molar-refractivity contribution in [3.05, 3.63) is 59.9 Å². The van der Waals surface area contributed by atoms with Crippen LogP contribution in [-0.2, 0) is 22.6 Å². The van der Waals surface area contributed by atoms with Gasteiger partial charge in [-0.05, 0) is 49.4 Å². The molecule has 2 aliphatic rings. The lowest BCUT2D eigenvalue weighted by atomic mass is 10.0. The Hall–Kier alpha value is -2.40. The fraction of sp³-hybridized carbons (Fsp3) is 0.429. The third-order valence-electron chi connectivity index (χ3n) is 5.14. The van der Waals surface area contributed by atoms with Crippen molar-refractivity contribution in [2.75, 3.05) is 13.1 Å². The highest BCUT2D eigenvalue weighted by molar-refractivity contribution is 5.81. The highest BCUT2D eigenvalue weighted by atomic mass is 16.5. The van der Waals surface area contributed by atoms with Crippen LogP contribution in [0.15, 0.2) is 48.7 Å². The summed E-state index contributed by atoms with van der Waals surface area (Å²) in [6.07, 6.45) is 5.00. The van der Waals surface area contributed by atoms with Gasteiger partial charge >= 0.3 is 0 Å². The Morgan fingerprint density at radius 2 is 1.92 bits per heavy atom. The quantitative estimate of drug-likeness (QED) is 0.849. The standard InChI is InChI=1S/C21H24N2O3/c24-21(20-9-8-16-5-1-2-7-19(16)26-20)23-13-10-18(11-14-23)25-15-17-6-3-4-12-22-17/h1-7,12,18,20H,8-11,13-15H2. The van der Waals surface area contributed by atoms with E-state index in [0.717, 1.165) is 50.2 Å². The number of benzene rings is 1. The number of carbonyl (C=O) groups is 1. The van der Waals surface area contributed by atoms with Gasteiger partial charge in [0.05, 0.1) is 18.4 Å². The van der Waals surface area contributed by atoms with Crippen LogP contribution < -0.4 is 4.74 Å². The first-order valence-electron chi connectivity index (χ1n) is 9.34. The summed E-state index contributed by atoms with van der Waals surface area (Å²) in [6, 6.07) is 13.8. The Labute approximate surface area is 153 Å². The van der Waals surface area contributed by atoms with Crippen LogP contribution >= 0.6 is 0 Å². The van der Waals surface area contributed by atoms with Crippen LogP contribution in [0.2, 0.25) is 0 Å². The first kappa shape index (κ1) is 17.0. The number of fused-ring (bicyclic) bond motifs is 1. The second-order valence-corrected chi connectivity index (χ2v) is 6.91. The molecule has 4 rings (SSSR count). The topological polar surface area (TPSA) is 51.7 Å². The molecule has 0 N–H and O–H groups in total. The normalized spacial score (nSPS) is 20.3. The van der Waals surface area contributed by atoms with Crippen LogP contribution in [0, 0.1) is 0 Å². The summed E-state index contributed by atoms with van der Waals surface area (Å²) >= 11 is 0. The Kier molecular flexibility index (Phi) is 5.16. The van der Waals surface area contributed by atoms with E-state index in [2.05, 4.69) is 11.1 Å². The number of carbonyl (C=O) groups excluding carboxylic acids is 1. The van der Waals surface area contributed by atoms with E-state index in [9.17, 15) is 4.79 Å². The van der Waals surface area contributed by atoms with Gasteiger partial charge in [0.15, 0.2) is 6.10 Å². The maximum Gasteiger partial charge on any atom is 0.263 e. The van der Waals surface area contributed by atoms with Crippen LogP contribution in [0.1, 0.15) is 30.5 Å². The minimum Gasteiger partial charge on any atom is -0.480 e. The fourth-order valence-electron chi connectivity index (χ4n) is 3.63. The summed E-state index contributed by atoms with van der Waals surface area (Å²) in [6.45, 7) is 1.99. The molecule has 26 heavy (non-hydrogen) atoms. The summed E-state index contributed by atoms with van der Waals surface area (Å²) in [5.41, 5.74) is 2.14. The minimum absolute atomic E-state index is 0.114. The molecule has 0 spiro atoms. The van der Waals surface area contributed by atoms with Crippen molar-refractivity contribution in [3.63, 3.8) is 0 Å². The lowest BCUT2D eigenvalue weighted by Crippen LogP contribution is -2.48. The number of likely N-dealkylation sites (tertiary alicyclic amines) is 1. The van der Waals surface area contributed by atoms with Gasteiger partial charge in [0.25, 0.3) is 5.91 Å². The van der Waals surface area contributed by atoms with Gasteiger partial charge in [0.2, 0.25) is 0 Å². The van der Waals surface area contributed by atoms with Gasteiger partial charge in [-0.3, -0.25) is 9.78 Å². The van der Waals surface area contributed by atoms with E-state index in [1.807, 2.05) is 41.3 Å². The number of pyridine rings is 1. The first-order chi connectivity index (χ1) is 12.8. The third-order valence-corrected chi connectivity index (χ3v) is 5.14. The molecule has 2 aromatic rings. The average Bonchev–Trinajstić information content (AvgIpc) is 2.72. The van der Waals surface area contributed by atoms with Crippen LogP contribution in [-0.4, -0.2) is 41.1 Å². The van der Waals surface area contributed by atoms with Crippen molar-refractivity contribution in [2.45, 2.75) is 44.5 Å². The number of amides is 1. The summed E-state index contributed by atoms with van der Waals surface area (Å²) in [7, 11) is 0.